The standard InChI is InChI=1S/C14H9F3/c15-12-8-7-11(14(17)9-12)6-5-10-3-1-2-4-13(10)16/h1-9H. The molecule has 0 fully saturated rings. The Bertz CT molecular complexity index is 559. The van der Waals surface area contributed by atoms with Gasteiger partial charge in [-0.05, 0) is 18.2 Å². The molecule has 0 aliphatic rings. The maximum atomic E-state index is 13.3. The van der Waals surface area contributed by atoms with Crippen molar-refractivity contribution in [1.29, 1.82) is 0 Å². The highest BCUT2D eigenvalue weighted by atomic mass is 19.1. The zero-order valence-electron chi connectivity index (χ0n) is 8.83. The third-order valence-electron chi connectivity index (χ3n) is 2.31. The van der Waals surface area contributed by atoms with Gasteiger partial charge in [-0.2, -0.15) is 0 Å². The first-order chi connectivity index (χ1) is 8.16. The summed E-state index contributed by atoms with van der Waals surface area (Å²) in [6, 6.07) is 9.41. The van der Waals surface area contributed by atoms with Gasteiger partial charge in [0.2, 0.25) is 0 Å². The third kappa shape index (κ3) is 2.75. The lowest BCUT2D eigenvalue weighted by Gasteiger charge is -1.98. The van der Waals surface area contributed by atoms with Crippen molar-refractivity contribution in [2.75, 3.05) is 0 Å². The van der Waals surface area contributed by atoms with E-state index >= 15 is 0 Å². The molecule has 0 aliphatic heterocycles. The summed E-state index contributed by atoms with van der Waals surface area (Å²) in [7, 11) is 0. The second-order valence-corrected chi connectivity index (χ2v) is 3.52. The molecular formula is C14H9F3. The topological polar surface area (TPSA) is 0 Å². The third-order valence-corrected chi connectivity index (χ3v) is 2.31. The number of hydrogen-bond donors (Lipinski definition) is 0. The number of hydrogen-bond acceptors (Lipinski definition) is 0. The maximum Gasteiger partial charge on any atom is 0.133 e. The van der Waals surface area contributed by atoms with Crippen LogP contribution in [0.3, 0.4) is 0 Å². The Morgan fingerprint density at radius 2 is 1.35 bits per heavy atom. The highest BCUT2D eigenvalue weighted by molar-refractivity contribution is 5.70. The van der Waals surface area contributed by atoms with Crippen molar-refractivity contribution in [2.45, 2.75) is 0 Å². The molecule has 3 heteroatoms. The van der Waals surface area contributed by atoms with Gasteiger partial charge in [0.05, 0.1) is 0 Å². The lowest BCUT2D eigenvalue weighted by atomic mass is 10.1. The van der Waals surface area contributed by atoms with E-state index < -0.39 is 11.6 Å². The largest absolute Gasteiger partial charge is 0.207 e. The van der Waals surface area contributed by atoms with Crippen molar-refractivity contribution in [3.05, 3.63) is 71.0 Å². The van der Waals surface area contributed by atoms with Crippen molar-refractivity contribution >= 4 is 12.2 Å². The van der Waals surface area contributed by atoms with Gasteiger partial charge in [0.15, 0.2) is 0 Å². The lowest BCUT2D eigenvalue weighted by Crippen LogP contribution is -1.84. The monoisotopic (exact) mass is 234 g/mol. The Kier molecular flexibility index (Phi) is 3.28. The fourth-order valence-electron chi connectivity index (χ4n) is 1.43. The van der Waals surface area contributed by atoms with Crippen LogP contribution in [0.5, 0.6) is 0 Å². The summed E-state index contributed by atoms with van der Waals surface area (Å²) in [6.07, 6.45) is 2.86. The van der Waals surface area contributed by atoms with Gasteiger partial charge in [-0.15, -0.1) is 0 Å². The summed E-state index contributed by atoms with van der Waals surface area (Å²) in [6.45, 7) is 0. The van der Waals surface area contributed by atoms with E-state index in [0.717, 1.165) is 12.1 Å². The summed E-state index contributed by atoms with van der Waals surface area (Å²) >= 11 is 0. The van der Waals surface area contributed by atoms with Crippen LogP contribution in [-0.4, -0.2) is 0 Å². The van der Waals surface area contributed by atoms with Gasteiger partial charge in [-0.25, -0.2) is 13.2 Å². The molecule has 0 unspecified atom stereocenters. The molecule has 86 valence electrons. The Morgan fingerprint density at radius 1 is 0.706 bits per heavy atom. The predicted molar refractivity (Wildman–Crippen MR) is 61.7 cm³/mol. The van der Waals surface area contributed by atoms with Gasteiger partial charge in [-0.3, -0.25) is 0 Å². The minimum absolute atomic E-state index is 0.217. The van der Waals surface area contributed by atoms with Crippen molar-refractivity contribution in [1.82, 2.24) is 0 Å². The molecular weight excluding hydrogens is 225 g/mol. The molecule has 0 bridgehead atoms. The molecule has 0 aliphatic carbocycles. The highest BCUT2D eigenvalue weighted by Gasteiger charge is 2.01. The smallest absolute Gasteiger partial charge is 0.133 e. The first kappa shape index (κ1) is 11.5. The van der Waals surface area contributed by atoms with Gasteiger partial charge in [0.25, 0.3) is 0 Å². The maximum absolute atomic E-state index is 13.3. The van der Waals surface area contributed by atoms with Crippen LogP contribution >= 0.6 is 0 Å². The Morgan fingerprint density at radius 3 is 2.00 bits per heavy atom. The molecule has 2 aromatic rings. The first-order valence-electron chi connectivity index (χ1n) is 5.04. The van der Waals surface area contributed by atoms with Crippen LogP contribution in [0, 0.1) is 17.5 Å². The van der Waals surface area contributed by atoms with E-state index in [1.165, 1.54) is 24.3 Å². The van der Waals surface area contributed by atoms with Gasteiger partial charge < -0.3 is 0 Å². The van der Waals surface area contributed by atoms with E-state index in [9.17, 15) is 13.2 Å². The minimum atomic E-state index is -0.669. The Balaban J connectivity index is 2.29. The second kappa shape index (κ2) is 4.87. The first-order valence-corrected chi connectivity index (χ1v) is 5.04. The van der Waals surface area contributed by atoms with E-state index in [4.69, 9.17) is 0 Å². The van der Waals surface area contributed by atoms with Gasteiger partial charge >= 0.3 is 0 Å². The minimum Gasteiger partial charge on any atom is -0.207 e. The molecule has 0 heterocycles. The highest BCUT2D eigenvalue weighted by Crippen LogP contribution is 2.15. The van der Waals surface area contributed by atoms with E-state index in [-0.39, 0.29) is 11.4 Å². The summed E-state index contributed by atoms with van der Waals surface area (Å²) in [5.41, 5.74) is 0.575. The van der Waals surface area contributed by atoms with Crippen LogP contribution in [0.4, 0.5) is 13.2 Å². The molecule has 2 aromatic carbocycles. The molecule has 0 N–H and O–H groups in total. The molecule has 0 spiro atoms. The average Bonchev–Trinajstić information content (AvgIpc) is 2.30. The second-order valence-electron chi connectivity index (χ2n) is 3.52. The number of halogens is 3. The van der Waals surface area contributed by atoms with E-state index in [1.54, 1.807) is 18.2 Å². The SMILES string of the molecule is Fc1ccc(C=Cc2ccccc2F)c(F)c1. The predicted octanol–water partition coefficient (Wildman–Crippen LogP) is 4.27. The quantitative estimate of drug-likeness (QED) is 0.680. The van der Waals surface area contributed by atoms with Crippen LogP contribution in [0.25, 0.3) is 12.2 Å². The fourth-order valence-corrected chi connectivity index (χ4v) is 1.43. The zero-order chi connectivity index (χ0) is 12.3. The van der Waals surface area contributed by atoms with Crippen LogP contribution in [0.2, 0.25) is 0 Å². The van der Waals surface area contributed by atoms with Crippen molar-refractivity contribution in [3.63, 3.8) is 0 Å². The van der Waals surface area contributed by atoms with Gasteiger partial charge in [0, 0.05) is 17.2 Å². The van der Waals surface area contributed by atoms with E-state index in [2.05, 4.69) is 0 Å². The van der Waals surface area contributed by atoms with Crippen LogP contribution in [0.1, 0.15) is 11.1 Å². The molecule has 0 saturated heterocycles. The van der Waals surface area contributed by atoms with E-state index in [0.29, 0.717) is 5.56 Å². The normalized spacial score (nSPS) is 11.0. The Hall–Kier alpha value is -2.03. The van der Waals surface area contributed by atoms with Crippen LogP contribution in [-0.2, 0) is 0 Å². The van der Waals surface area contributed by atoms with Gasteiger partial charge in [0.1, 0.15) is 17.5 Å². The molecule has 0 amide bonds. The Labute approximate surface area is 97.0 Å². The summed E-state index contributed by atoms with van der Waals surface area (Å²) in [5.74, 6) is -1.69. The fraction of sp³-hybridized carbons (Fsp3) is 0. The molecule has 2 rings (SSSR count). The number of benzene rings is 2. The molecule has 0 aromatic heterocycles. The van der Waals surface area contributed by atoms with E-state index in [1.807, 2.05) is 0 Å². The van der Waals surface area contributed by atoms with Crippen molar-refractivity contribution in [2.24, 2.45) is 0 Å². The summed E-state index contributed by atoms with van der Waals surface area (Å²) in [5, 5.41) is 0. The van der Waals surface area contributed by atoms with Crippen molar-refractivity contribution in [3.8, 4) is 0 Å². The van der Waals surface area contributed by atoms with Crippen LogP contribution in [0.15, 0.2) is 42.5 Å². The van der Waals surface area contributed by atoms with Crippen molar-refractivity contribution < 1.29 is 13.2 Å². The van der Waals surface area contributed by atoms with Gasteiger partial charge in [-0.1, -0.05) is 30.4 Å². The zero-order valence-corrected chi connectivity index (χ0v) is 8.83. The molecule has 0 saturated carbocycles. The average molecular weight is 234 g/mol. The van der Waals surface area contributed by atoms with Crippen LogP contribution < -0.4 is 0 Å². The molecule has 17 heavy (non-hydrogen) atoms. The lowest BCUT2D eigenvalue weighted by molar-refractivity contribution is 0.581. The summed E-state index contributed by atoms with van der Waals surface area (Å²) < 4.78 is 39.2. The number of rotatable bonds is 2. The molecule has 0 radical (unpaired) electrons. The summed E-state index contributed by atoms with van der Waals surface area (Å²) in [4.78, 5) is 0. The molecule has 0 nitrogen and oxygen atoms in total. The molecule has 0 atom stereocenters.